The molecule has 0 fully saturated rings. The number of aromatic nitrogens is 1. The molecule has 0 radical (unpaired) electrons. The standard InChI is InChI=1S/C37H32N2/c1-2-13-30-33-20-8-11-23-36(33)39(29-17-12-16-28(26-29)27-14-4-3-5-15-27)37(30)24-25-38-34-21-9-6-18-31(34)32-19-7-10-22-35(32)38/h3-24,26,31,34H,2,25H2,1H3/b30-13-,37-24+. The average molecular weight is 505 g/mol. The van der Waals surface area contributed by atoms with Crippen molar-refractivity contribution in [3.05, 3.63) is 144 Å². The number of fused-ring (bicyclic) bond motifs is 4. The van der Waals surface area contributed by atoms with E-state index in [0.29, 0.717) is 12.0 Å². The highest BCUT2D eigenvalue weighted by atomic mass is 15.2. The van der Waals surface area contributed by atoms with Crippen LogP contribution in [0.5, 0.6) is 0 Å². The lowest BCUT2D eigenvalue weighted by Gasteiger charge is -2.27. The van der Waals surface area contributed by atoms with Crippen molar-refractivity contribution in [1.29, 1.82) is 0 Å². The molecular formula is C37H32N2. The van der Waals surface area contributed by atoms with E-state index >= 15 is 0 Å². The molecule has 0 N–H and O–H groups in total. The molecular weight excluding hydrogens is 472 g/mol. The molecule has 2 unspecified atom stereocenters. The molecule has 1 aromatic heterocycles. The third-order valence-electron chi connectivity index (χ3n) is 8.12. The Hall–Kier alpha value is -4.56. The lowest BCUT2D eigenvalue weighted by molar-refractivity contribution is 0.707. The van der Waals surface area contributed by atoms with Gasteiger partial charge in [0.05, 0.1) is 16.9 Å². The Balaban J connectivity index is 1.42. The van der Waals surface area contributed by atoms with E-state index in [4.69, 9.17) is 0 Å². The topological polar surface area (TPSA) is 8.17 Å². The average Bonchev–Trinajstić information content (AvgIpc) is 3.49. The zero-order valence-electron chi connectivity index (χ0n) is 22.2. The van der Waals surface area contributed by atoms with Crippen LogP contribution in [0.25, 0.3) is 39.9 Å². The molecule has 0 saturated carbocycles. The summed E-state index contributed by atoms with van der Waals surface area (Å²) in [5.74, 6) is 0.412. The van der Waals surface area contributed by atoms with Gasteiger partial charge >= 0.3 is 0 Å². The van der Waals surface area contributed by atoms with Gasteiger partial charge in [0.25, 0.3) is 0 Å². The van der Waals surface area contributed by atoms with Crippen LogP contribution in [0, 0.1) is 0 Å². The Bertz CT molecular complexity index is 1840. The van der Waals surface area contributed by atoms with E-state index in [1.807, 2.05) is 0 Å². The quantitative estimate of drug-likeness (QED) is 0.243. The number of benzene rings is 4. The highest BCUT2D eigenvalue weighted by Crippen LogP contribution is 2.43. The van der Waals surface area contributed by atoms with Gasteiger partial charge in [0.1, 0.15) is 0 Å². The fourth-order valence-corrected chi connectivity index (χ4v) is 6.42. The number of allylic oxidation sites excluding steroid dienone is 2. The Morgan fingerprint density at radius 3 is 2.38 bits per heavy atom. The third-order valence-corrected chi connectivity index (χ3v) is 8.12. The Morgan fingerprint density at radius 2 is 1.49 bits per heavy atom. The minimum atomic E-state index is 0.349. The van der Waals surface area contributed by atoms with E-state index in [-0.39, 0.29) is 0 Å². The normalized spacial score (nSPS) is 18.6. The summed E-state index contributed by atoms with van der Waals surface area (Å²) in [4.78, 5) is 2.57. The second-order valence-corrected chi connectivity index (χ2v) is 10.4. The van der Waals surface area contributed by atoms with Gasteiger partial charge in [0, 0.05) is 34.4 Å². The molecule has 2 aliphatic rings. The smallest absolute Gasteiger partial charge is 0.0583 e. The molecule has 0 spiro atoms. The molecule has 4 aromatic carbocycles. The van der Waals surface area contributed by atoms with Crippen molar-refractivity contribution in [3.8, 4) is 16.8 Å². The van der Waals surface area contributed by atoms with E-state index < -0.39 is 0 Å². The van der Waals surface area contributed by atoms with Gasteiger partial charge in [-0.15, -0.1) is 0 Å². The molecule has 2 atom stereocenters. The van der Waals surface area contributed by atoms with Crippen LogP contribution in [0.4, 0.5) is 5.69 Å². The lowest BCUT2D eigenvalue weighted by Crippen LogP contribution is -2.36. The Labute approximate surface area is 230 Å². The van der Waals surface area contributed by atoms with Crippen LogP contribution in [0.1, 0.15) is 24.8 Å². The van der Waals surface area contributed by atoms with Gasteiger partial charge in [-0.3, -0.25) is 0 Å². The maximum absolute atomic E-state index is 2.57. The van der Waals surface area contributed by atoms with Crippen LogP contribution < -0.4 is 15.5 Å². The summed E-state index contributed by atoms with van der Waals surface area (Å²) in [5, 5.41) is 3.89. The molecule has 0 bridgehead atoms. The van der Waals surface area contributed by atoms with E-state index in [1.165, 1.54) is 49.5 Å². The minimum absolute atomic E-state index is 0.349. The summed E-state index contributed by atoms with van der Waals surface area (Å²) in [6.45, 7) is 3.07. The van der Waals surface area contributed by atoms with Gasteiger partial charge in [-0.1, -0.05) is 116 Å². The summed E-state index contributed by atoms with van der Waals surface area (Å²) in [5.41, 5.74) is 7.66. The van der Waals surface area contributed by atoms with Gasteiger partial charge in [-0.05, 0) is 53.5 Å². The fraction of sp³-hybridized carbons (Fsp3) is 0.135. The number of anilines is 1. The SMILES string of the molecule is CC/C=c1\c(=C/CN2c3ccccc3C3C=CC=CC32)n(-c2cccc(-c3ccccc3)c2)c2ccccc12. The monoisotopic (exact) mass is 504 g/mol. The zero-order valence-corrected chi connectivity index (χ0v) is 22.2. The number of nitrogens with zero attached hydrogens (tertiary/aromatic N) is 2. The van der Waals surface area contributed by atoms with Gasteiger partial charge < -0.3 is 9.47 Å². The van der Waals surface area contributed by atoms with E-state index in [2.05, 4.69) is 156 Å². The molecule has 1 aliphatic carbocycles. The Kier molecular flexibility index (Phi) is 6.01. The highest BCUT2D eigenvalue weighted by Gasteiger charge is 2.35. The maximum Gasteiger partial charge on any atom is 0.0583 e. The van der Waals surface area contributed by atoms with Crippen molar-refractivity contribution in [1.82, 2.24) is 4.57 Å². The molecule has 0 saturated heterocycles. The van der Waals surface area contributed by atoms with Crippen molar-refractivity contribution in [2.24, 2.45) is 0 Å². The van der Waals surface area contributed by atoms with Crippen molar-refractivity contribution >= 4 is 28.7 Å². The maximum atomic E-state index is 2.57. The van der Waals surface area contributed by atoms with Crippen LogP contribution in [-0.4, -0.2) is 17.2 Å². The number of hydrogen-bond donors (Lipinski definition) is 0. The fourth-order valence-electron chi connectivity index (χ4n) is 6.42. The third kappa shape index (κ3) is 4.04. The largest absolute Gasteiger partial charge is 0.360 e. The van der Waals surface area contributed by atoms with Crippen LogP contribution in [0.15, 0.2) is 127 Å². The van der Waals surface area contributed by atoms with E-state index in [0.717, 1.165) is 13.0 Å². The first kappa shape index (κ1) is 23.5. The van der Waals surface area contributed by atoms with Crippen LogP contribution >= 0.6 is 0 Å². The Morgan fingerprint density at radius 1 is 0.718 bits per heavy atom. The first-order chi connectivity index (χ1) is 19.3. The summed E-state index contributed by atoms with van der Waals surface area (Å²) in [6, 6.07) is 37.7. The molecule has 1 aliphatic heterocycles. The van der Waals surface area contributed by atoms with Gasteiger partial charge in [0.15, 0.2) is 0 Å². The predicted molar refractivity (Wildman–Crippen MR) is 166 cm³/mol. The molecule has 190 valence electrons. The summed E-state index contributed by atoms with van der Waals surface area (Å²) >= 11 is 0. The molecule has 2 nitrogen and oxygen atoms in total. The molecule has 39 heavy (non-hydrogen) atoms. The second kappa shape index (κ2) is 9.96. The van der Waals surface area contributed by atoms with E-state index in [1.54, 1.807) is 0 Å². The van der Waals surface area contributed by atoms with Gasteiger partial charge in [0.2, 0.25) is 0 Å². The first-order valence-corrected chi connectivity index (χ1v) is 14.0. The first-order valence-electron chi connectivity index (χ1n) is 14.0. The van der Waals surface area contributed by atoms with Crippen LogP contribution in [0.2, 0.25) is 0 Å². The lowest BCUT2D eigenvalue weighted by atomic mass is 9.91. The van der Waals surface area contributed by atoms with Crippen LogP contribution in [0.3, 0.4) is 0 Å². The molecule has 0 amide bonds. The van der Waals surface area contributed by atoms with Crippen molar-refractivity contribution < 1.29 is 0 Å². The summed E-state index contributed by atoms with van der Waals surface area (Å²) in [7, 11) is 0. The van der Waals surface area contributed by atoms with Crippen molar-refractivity contribution in [2.45, 2.75) is 25.3 Å². The molecule has 7 rings (SSSR count). The summed E-state index contributed by atoms with van der Waals surface area (Å²) in [6.07, 6.45) is 14.9. The molecule has 2 heteroatoms. The molecule has 5 aromatic rings. The number of hydrogen-bond acceptors (Lipinski definition) is 1. The summed E-state index contributed by atoms with van der Waals surface area (Å²) < 4.78 is 2.46. The number of para-hydroxylation sites is 2. The zero-order chi connectivity index (χ0) is 26.2. The predicted octanol–water partition coefficient (Wildman–Crippen LogP) is 7.37. The van der Waals surface area contributed by atoms with Crippen molar-refractivity contribution in [3.63, 3.8) is 0 Å². The van der Waals surface area contributed by atoms with Crippen molar-refractivity contribution in [2.75, 3.05) is 11.4 Å². The number of rotatable bonds is 5. The van der Waals surface area contributed by atoms with Gasteiger partial charge in [-0.2, -0.15) is 0 Å². The van der Waals surface area contributed by atoms with Crippen LogP contribution in [-0.2, 0) is 0 Å². The highest BCUT2D eigenvalue weighted by molar-refractivity contribution is 5.84. The second-order valence-electron chi connectivity index (χ2n) is 10.4. The van der Waals surface area contributed by atoms with Gasteiger partial charge in [-0.25, -0.2) is 0 Å². The van der Waals surface area contributed by atoms with E-state index in [9.17, 15) is 0 Å². The molecule has 2 heterocycles. The minimum Gasteiger partial charge on any atom is -0.360 e.